The van der Waals surface area contributed by atoms with Gasteiger partial charge >= 0.3 is 0 Å². The first kappa shape index (κ1) is 21.6. The lowest BCUT2D eigenvalue weighted by Crippen LogP contribution is -2.46. The van der Waals surface area contributed by atoms with Gasteiger partial charge in [0.25, 0.3) is 0 Å². The number of halogens is 1. The van der Waals surface area contributed by atoms with E-state index in [0.29, 0.717) is 0 Å². The second-order valence-electron chi connectivity index (χ2n) is 7.87. The quantitative estimate of drug-likeness (QED) is 0.588. The van der Waals surface area contributed by atoms with E-state index in [1.54, 1.807) is 18.2 Å². The van der Waals surface area contributed by atoms with Crippen LogP contribution in [0.3, 0.4) is 0 Å². The molecule has 4 rings (SSSR count). The zero-order valence-corrected chi connectivity index (χ0v) is 18.1. The van der Waals surface area contributed by atoms with Crippen LogP contribution in [-0.2, 0) is 4.79 Å². The molecule has 6 heteroatoms. The van der Waals surface area contributed by atoms with E-state index >= 15 is 0 Å². The van der Waals surface area contributed by atoms with Crippen LogP contribution in [0.15, 0.2) is 79.0 Å². The molecule has 164 valence electrons. The Kier molecular flexibility index (Phi) is 6.80. The standard InChI is InChI=1S/C26H27FN4O/c1-20(29-26(32)13-10-21-8-11-23(27)12-9-21)22-5-4-6-24(19-22)30-15-17-31(18-16-30)25-7-2-3-14-28-25/h2-14,19-20H,15-18H2,1H3,(H,29,32)/b13-10+/t20-/m0/s1. The SMILES string of the molecule is C[C@H](NC(=O)/C=C/c1ccc(F)cc1)c1cccc(N2CCN(c3ccccn3)CC2)c1. The number of nitrogens with zero attached hydrogens (tertiary/aromatic N) is 3. The molecular formula is C26H27FN4O. The van der Waals surface area contributed by atoms with E-state index in [1.807, 2.05) is 43.5 Å². The van der Waals surface area contributed by atoms with Crippen LogP contribution in [-0.4, -0.2) is 37.1 Å². The summed E-state index contributed by atoms with van der Waals surface area (Å²) in [5.41, 5.74) is 2.99. The molecule has 1 amide bonds. The Morgan fingerprint density at radius 3 is 2.47 bits per heavy atom. The molecule has 0 aliphatic carbocycles. The first-order valence-corrected chi connectivity index (χ1v) is 10.8. The van der Waals surface area contributed by atoms with Crippen molar-refractivity contribution >= 4 is 23.5 Å². The van der Waals surface area contributed by atoms with E-state index in [0.717, 1.165) is 48.8 Å². The normalized spacial score (nSPS) is 15.1. The maximum absolute atomic E-state index is 13.0. The van der Waals surface area contributed by atoms with Crippen LogP contribution in [0.4, 0.5) is 15.9 Å². The number of anilines is 2. The fourth-order valence-electron chi connectivity index (χ4n) is 3.82. The van der Waals surface area contributed by atoms with Crippen molar-refractivity contribution in [2.75, 3.05) is 36.0 Å². The second kappa shape index (κ2) is 10.1. The zero-order valence-electron chi connectivity index (χ0n) is 18.1. The van der Waals surface area contributed by atoms with Crippen LogP contribution < -0.4 is 15.1 Å². The molecule has 5 nitrogen and oxygen atoms in total. The summed E-state index contributed by atoms with van der Waals surface area (Å²) < 4.78 is 13.0. The van der Waals surface area contributed by atoms with Gasteiger partial charge in [-0.05, 0) is 60.5 Å². The van der Waals surface area contributed by atoms with Crippen molar-refractivity contribution in [3.05, 3.63) is 95.9 Å². The molecule has 2 aromatic carbocycles. The average Bonchev–Trinajstić information content (AvgIpc) is 2.84. The first-order valence-electron chi connectivity index (χ1n) is 10.8. The molecule has 0 spiro atoms. The third-order valence-corrected chi connectivity index (χ3v) is 5.64. The number of pyridine rings is 1. The molecule has 1 N–H and O–H groups in total. The smallest absolute Gasteiger partial charge is 0.244 e. The minimum atomic E-state index is -0.293. The Bertz CT molecular complexity index is 1060. The lowest BCUT2D eigenvalue weighted by Gasteiger charge is -2.37. The Hall–Kier alpha value is -3.67. The molecule has 2 heterocycles. The summed E-state index contributed by atoms with van der Waals surface area (Å²) >= 11 is 0. The van der Waals surface area contributed by atoms with Crippen molar-refractivity contribution in [2.24, 2.45) is 0 Å². The highest BCUT2D eigenvalue weighted by molar-refractivity contribution is 5.92. The number of aromatic nitrogens is 1. The zero-order chi connectivity index (χ0) is 22.3. The minimum absolute atomic E-state index is 0.130. The summed E-state index contributed by atoms with van der Waals surface area (Å²) in [7, 11) is 0. The molecule has 0 bridgehead atoms. The number of carbonyl (C=O) groups is 1. The van der Waals surface area contributed by atoms with E-state index in [9.17, 15) is 9.18 Å². The van der Waals surface area contributed by atoms with Crippen LogP contribution >= 0.6 is 0 Å². The van der Waals surface area contributed by atoms with E-state index in [1.165, 1.54) is 18.2 Å². The van der Waals surface area contributed by atoms with Gasteiger partial charge in [0, 0.05) is 44.1 Å². The Labute approximate surface area is 188 Å². The predicted octanol–water partition coefficient (Wildman–Crippen LogP) is 4.44. The highest BCUT2D eigenvalue weighted by Crippen LogP contribution is 2.23. The summed E-state index contributed by atoms with van der Waals surface area (Å²) in [6.07, 6.45) is 4.99. The van der Waals surface area contributed by atoms with E-state index < -0.39 is 0 Å². The number of rotatable bonds is 6. The van der Waals surface area contributed by atoms with E-state index in [-0.39, 0.29) is 17.8 Å². The number of nitrogens with one attached hydrogen (secondary N) is 1. The average molecular weight is 431 g/mol. The summed E-state index contributed by atoms with van der Waals surface area (Å²) in [6, 6.07) is 20.2. The number of hydrogen-bond acceptors (Lipinski definition) is 4. The maximum Gasteiger partial charge on any atom is 0.244 e. The van der Waals surface area contributed by atoms with Crippen molar-refractivity contribution in [3.8, 4) is 0 Å². The van der Waals surface area contributed by atoms with Gasteiger partial charge in [-0.3, -0.25) is 4.79 Å². The highest BCUT2D eigenvalue weighted by Gasteiger charge is 2.19. The van der Waals surface area contributed by atoms with Gasteiger partial charge in [-0.1, -0.05) is 30.3 Å². The van der Waals surface area contributed by atoms with Crippen LogP contribution in [0.1, 0.15) is 24.1 Å². The van der Waals surface area contributed by atoms with Crippen molar-refractivity contribution in [1.29, 1.82) is 0 Å². The Morgan fingerprint density at radius 1 is 1.00 bits per heavy atom. The summed E-state index contributed by atoms with van der Waals surface area (Å²) in [5.74, 6) is 0.542. The molecule has 1 fully saturated rings. The van der Waals surface area contributed by atoms with Crippen LogP contribution in [0, 0.1) is 5.82 Å². The maximum atomic E-state index is 13.0. The molecule has 1 aliphatic rings. The number of piperazine rings is 1. The summed E-state index contributed by atoms with van der Waals surface area (Å²) in [5, 5.41) is 3.00. The van der Waals surface area contributed by atoms with Gasteiger partial charge in [-0.2, -0.15) is 0 Å². The Morgan fingerprint density at radius 2 is 1.75 bits per heavy atom. The van der Waals surface area contributed by atoms with Crippen LogP contribution in [0.5, 0.6) is 0 Å². The van der Waals surface area contributed by atoms with Gasteiger partial charge in [0.15, 0.2) is 0 Å². The van der Waals surface area contributed by atoms with Gasteiger partial charge in [0.05, 0.1) is 6.04 Å². The lowest BCUT2D eigenvalue weighted by molar-refractivity contribution is -0.117. The van der Waals surface area contributed by atoms with Crippen molar-refractivity contribution in [2.45, 2.75) is 13.0 Å². The second-order valence-corrected chi connectivity index (χ2v) is 7.87. The molecule has 0 radical (unpaired) electrons. The monoisotopic (exact) mass is 430 g/mol. The largest absolute Gasteiger partial charge is 0.368 e. The molecule has 1 aliphatic heterocycles. The van der Waals surface area contributed by atoms with E-state index in [2.05, 4.69) is 32.2 Å². The number of carbonyl (C=O) groups excluding carboxylic acids is 1. The molecule has 1 aromatic heterocycles. The van der Waals surface area contributed by atoms with Gasteiger partial charge < -0.3 is 15.1 Å². The van der Waals surface area contributed by atoms with Gasteiger partial charge in [-0.25, -0.2) is 9.37 Å². The van der Waals surface area contributed by atoms with Crippen molar-refractivity contribution in [1.82, 2.24) is 10.3 Å². The lowest BCUT2D eigenvalue weighted by atomic mass is 10.1. The third kappa shape index (κ3) is 5.52. The predicted molar refractivity (Wildman–Crippen MR) is 127 cm³/mol. The first-order chi connectivity index (χ1) is 15.6. The summed E-state index contributed by atoms with van der Waals surface area (Å²) in [6.45, 7) is 5.65. The molecule has 1 saturated heterocycles. The molecular weight excluding hydrogens is 403 g/mol. The number of hydrogen-bond donors (Lipinski definition) is 1. The van der Waals surface area contributed by atoms with Crippen molar-refractivity contribution < 1.29 is 9.18 Å². The van der Waals surface area contributed by atoms with Crippen LogP contribution in [0.25, 0.3) is 6.08 Å². The number of amides is 1. The van der Waals surface area contributed by atoms with Crippen LogP contribution in [0.2, 0.25) is 0 Å². The molecule has 0 unspecified atom stereocenters. The van der Waals surface area contributed by atoms with Gasteiger partial charge in [-0.15, -0.1) is 0 Å². The fraction of sp³-hybridized carbons (Fsp3) is 0.231. The summed E-state index contributed by atoms with van der Waals surface area (Å²) in [4.78, 5) is 21.4. The molecule has 3 aromatic rings. The molecule has 32 heavy (non-hydrogen) atoms. The van der Waals surface area contributed by atoms with E-state index in [4.69, 9.17) is 0 Å². The van der Waals surface area contributed by atoms with Gasteiger partial charge in [0.1, 0.15) is 11.6 Å². The fourth-order valence-corrected chi connectivity index (χ4v) is 3.82. The minimum Gasteiger partial charge on any atom is -0.368 e. The molecule has 1 atom stereocenters. The van der Waals surface area contributed by atoms with Crippen molar-refractivity contribution in [3.63, 3.8) is 0 Å². The third-order valence-electron chi connectivity index (χ3n) is 5.64. The van der Waals surface area contributed by atoms with Gasteiger partial charge in [0.2, 0.25) is 5.91 Å². The number of benzene rings is 2. The molecule has 0 saturated carbocycles. The topological polar surface area (TPSA) is 48.5 Å². The highest BCUT2D eigenvalue weighted by atomic mass is 19.1. The Balaban J connectivity index is 1.34.